The maximum absolute atomic E-state index is 13.0. The molecule has 1 aromatic heterocycles. The van der Waals surface area contributed by atoms with E-state index in [1.807, 2.05) is 6.07 Å². The van der Waals surface area contributed by atoms with Crippen LogP contribution < -0.4 is 15.5 Å². The molecule has 3 aromatic rings. The van der Waals surface area contributed by atoms with Crippen LogP contribution in [-0.4, -0.2) is 107 Å². The molecule has 0 unspecified atom stereocenters. The standard InChI is InChI=1S/C27H33ClN6O5S2/c1-32-8-10-33(11-9-32)7-2-16-41(37,38)20-4-6-23-24(18-20)40-27(29-23)31-26(36)30-25(35)21-17-19(3-5-22(21)28)34-12-14-39-15-13-34/h3-6,17-18H,2,7-16H2,1H3,(H2,29,30,31,35,36). The first-order valence-electron chi connectivity index (χ1n) is 13.5. The van der Waals surface area contributed by atoms with Gasteiger partial charge in [-0.3, -0.25) is 15.4 Å². The quantitative estimate of drug-likeness (QED) is 0.391. The molecule has 0 atom stereocenters. The average molecular weight is 621 g/mol. The van der Waals surface area contributed by atoms with E-state index in [4.69, 9.17) is 16.3 Å². The second-order valence-corrected chi connectivity index (χ2v) is 13.7. The Balaban J connectivity index is 1.18. The van der Waals surface area contributed by atoms with Gasteiger partial charge < -0.3 is 19.4 Å². The highest BCUT2D eigenvalue weighted by Gasteiger charge is 2.21. The van der Waals surface area contributed by atoms with Gasteiger partial charge in [-0.05, 0) is 56.4 Å². The topological polar surface area (TPSA) is 124 Å². The lowest BCUT2D eigenvalue weighted by atomic mass is 10.1. The highest BCUT2D eigenvalue weighted by Crippen LogP contribution is 2.29. The minimum absolute atomic E-state index is 0.0641. The monoisotopic (exact) mass is 620 g/mol. The first-order chi connectivity index (χ1) is 19.7. The van der Waals surface area contributed by atoms with Crippen LogP contribution in [0.5, 0.6) is 0 Å². The number of amides is 3. The van der Waals surface area contributed by atoms with Crippen molar-refractivity contribution in [2.75, 3.05) is 82.0 Å². The number of benzene rings is 2. The van der Waals surface area contributed by atoms with Crippen LogP contribution in [0, 0.1) is 0 Å². The second-order valence-electron chi connectivity index (χ2n) is 10.1. The van der Waals surface area contributed by atoms with Crippen LogP contribution in [-0.2, 0) is 14.6 Å². The molecule has 11 nitrogen and oxygen atoms in total. The number of ether oxygens (including phenoxy) is 1. The number of fused-ring (bicyclic) bond motifs is 1. The zero-order chi connectivity index (χ0) is 29.0. The lowest BCUT2D eigenvalue weighted by molar-refractivity contribution is 0.0967. The van der Waals surface area contributed by atoms with Crippen molar-refractivity contribution in [2.45, 2.75) is 11.3 Å². The van der Waals surface area contributed by atoms with Gasteiger partial charge in [-0.15, -0.1) is 0 Å². The van der Waals surface area contributed by atoms with E-state index in [0.29, 0.717) is 42.9 Å². The van der Waals surface area contributed by atoms with E-state index in [1.165, 1.54) is 0 Å². The summed E-state index contributed by atoms with van der Waals surface area (Å²) >= 11 is 7.39. The van der Waals surface area contributed by atoms with E-state index in [9.17, 15) is 18.0 Å². The zero-order valence-corrected chi connectivity index (χ0v) is 25.2. The van der Waals surface area contributed by atoms with Crippen LogP contribution in [0.1, 0.15) is 16.8 Å². The van der Waals surface area contributed by atoms with Gasteiger partial charge in [-0.2, -0.15) is 0 Å². The number of morpholine rings is 1. The predicted octanol–water partition coefficient (Wildman–Crippen LogP) is 3.16. The number of hydrogen-bond acceptors (Lipinski definition) is 10. The van der Waals surface area contributed by atoms with E-state index < -0.39 is 21.8 Å². The van der Waals surface area contributed by atoms with E-state index in [2.05, 4.69) is 37.4 Å². The van der Waals surface area contributed by atoms with Crippen molar-refractivity contribution >= 4 is 65.7 Å². The fourth-order valence-electron chi connectivity index (χ4n) is 4.82. The number of nitrogens with zero attached hydrogens (tertiary/aromatic N) is 4. The average Bonchev–Trinajstić information content (AvgIpc) is 3.36. The van der Waals surface area contributed by atoms with Gasteiger partial charge in [0, 0.05) is 45.0 Å². The number of piperazine rings is 1. The number of thiazole rings is 1. The number of halogens is 1. The van der Waals surface area contributed by atoms with Crippen molar-refractivity contribution in [3.8, 4) is 0 Å². The molecule has 2 N–H and O–H groups in total. The van der Waals surface area contributed by atoms with Crippen molar-refractivity contribution in [1.82, 2.24) is 20.1 Å². The first-order valence-corrected chi connectivity index (χ1v) is 16.3. The molecule has 14 heteroatoms. The van der Waals surface area contributed by atoms with Gasteiger partial charge in [0.1, 0.15) is 0 Å². The minimum atomic E-state index is -3.47. The van der Waals surface area contributed by atoms with Gasteiger partial charge in [0.2, 0.25) is 0 Å². The lowest BCUT2D eigenvalue weighted by Crippen LogP contribution is -2.44. The third-order valence-corrected chi connectivity index (χ3v) is 10.3. The number of rotatable bonds is 8. The summed E-state index contributed by atoms with van der Waals surface area (Å²) in [6.07, 6.45) is 0.563. The summed E-state index contributed by atoms with van der Waals surface area (Å²) in [5.41, 5.74) is 1.55. The maximum atomic E-state index is 13.0. The van der Waals surface area contributed by atoms with Gasteiger partial charge in [0.25, 0.3) is 5.91 Å². The highest BCUT2D eigenvalue weighted by atomic mass is 35.5. The predicted molar refractivity (Wildman–Crippen MR) is 161 cm³/mol. The Hall–Kier alpha value is -2.81. The number of likely N-dealkylation sites (N-methyl/N-ethyl adjacent to an activating group) is 1. The van der Waals surface area contributed by atoms with Crippen LogP contribution in [0.25, 0.3) is 10.2 Å². The highest BCUT2D eigenvalue weighted by molar-refractivity contribution is 7.91. The van der Waals surface area contributed by atoms with Gasteiger partial charge in [0.05, 0.1) is 44.7 Å². The Labute approximate surface area is 248 Å². The van der Waals surface area contributed by atoms with Crippen LogP contribution in [0.2, 0.25) is 5.02 Å². The molecule has 0 bridgehead atoms. The molecule has 2 aromatic carbocycles. The summed E-state index contributed by atoms with van der Waals surface area (Å²) < 4.78 is 32.0. The van der Waals surface area contributed by atoms with Crippen molar-refractivity contribution in [2.24, 2.45) is 0 Å². The maximum Gasteiger partial charge on any atom is 0.327 e. The van der Waals surface area contributed by atoms with Crippen LogP contribution in [0.4, 0.5) is 15.6 Å². The van der Waals surface area contributed by atoms with E-state index >= 15 is 0 Å². The Morgan fingerprint density at radius 3 is 2.56 bits per heavy atom. The van der Waals surface area contributed by atoms with Crippen molar-refractivity contribution in [3.05, 3.63) is 47.0 Å². The summed E-state index contributed by atoms with van der Waals surface area (Å²) in [5, 5.41) is 5.33. The van der Waals surface area contributed by atoms with Gasteiger partial charge in [0.15, 0.2) is 15.0 Å². The summed E-state index contributed by atoms with van der Waals surface area (Å²) in [6, 6.07) is 9.11. The Morgan fingerprint density at radius 2 is 1.80 bits per heavy atom. The molecule has 0 radical (unpaired) electrons. The van der Waals surface area contributed by atoms with Crippen LogP contribution >= 0.6 is 22.9 Å². The number of hydrogen-bond donors (Lipinski definition) is 2. The minimum Gasteiger partial charge on any atom is -0.378 e. The van der Waals surface area contributed by atoms with Crippen molar-refractivity contribution in [3.63, 3.8) is 0 Å². The summed E-state index contributed by atoms with van der Waals surface area (Å²) in [4.78, 5) is 36.7. The Kier molecular flexibility index (Phi) is 9.42. The molecular weight excluding hydrogens is 588 g/mol. The largest absolute Gasteiger partial charge is 0.378 e. The molecule has 3 amide bonds. The number of imide groups is 1. The number of carbonyl (C=O) groups excluding carboxylic acids is 2. The SMILES string of the molecule is CN1CCN(CCCS(=O)(=O)c2ccc3nc(NC(=O)NC(=O)c4cc(N5CCOCC5)ccc4Cl)sc3c2)CC1. The molecular formula is C27H33ClN6O5S2. The number of nitrogens with one attached hydrogen (secondary N) is 2. The number of urea groups is 1. The van der Waals surface area contributed by atoms with Gasteiger partial charge in [-0.25, -0.2) is 18.2 Å². The smallest absolute Gasteiger partial charge is 0.327 e. The molecule has 5 rings (SSSR count). The zero-order valence-electron chi connectivity index (χ0n) is 22.8. The number of sulfone groups is 1. The number of aromatic nitrogens is 1. The molecule has 2 aliphatic heterocycles. The summed E-state index contributed by atoms with van der Waals surface area (Å²) in [5.74, 6) is -0.581. The second kappa shape index (κ2) is 13.0. The van der Waals surface area contributed by atoms with E-state index in [1.54, 1.807) is 30.3 Å². The molecule has 0 spiro atoms. The molecule has 2 saturated heterocycles. The lowest BCUT2D eigenvalue weighted by Gasteiger charge is -2.32. The van der Waals surface area contributed by atoms with Gasteiger partial charge in [-0.1, -0.05) is 22.9 Å². The molecule has 41 heavy (non-hydrogen) atoms. The normalized spacial score (nSPS) is 17.1. The summed E-state index contributed by atoms with van der Waals surface area (Å²) in [6.45, 7) is 7.22. The Morgan fingerprint density at radius 1 is 1.05 bits per heavy atom. The van der Waals surface area contributed by atoms with Crippen LogP contribution in [0.15, 0.2) is 41.3 Å². The third kappa shape index (κ3) is 7.53. The van der Waals surface area contributed by atoms with E-state index in [-0.39, 0.29) is 26.4 Å². The van der Waals surface area contributed by atoms with Crippen LogP contribution in [0.3, 0.4) is 0 Å². The first kappa shape index (κ1) is 29.7. The number of anilines is 2. The molecule has 3 heterocycles. The van der Waals surface area contributed by atoms with E-state index in [0.717, 1.165) is 49.7 Å². The fourth-order valence-corrected chi connectivity index (χ4v) is 7.32. The molecule has 2 aliphatic rings. The third-order valence-electron chi connectivity index (χ3n) is 7.22. The molecule has 0 aliphatic carbocycles. The fraction of sp³-hybridized carbons (Fsp3) is 0.444. The van der Waals surface area contributed by atoms with Crippen molar-refractivity contribution in [1.29, 1.82) is 0 Å². The molecule has 2 fully saturated rings. The molecule has 220 valence electrons. The summed E-state index contributed by atoms with van der Waals surface area (Å²) in [7, 11) is -1.37. The number of carbonyl (C=O) groups is 2. The molecule has 0 saturated carbocycles. The van der Waals surface area contributed by atoms with Gasteiger partial charge >= 0.3 is 6.03 Å². The Bertz CT molecular complexity index is 1520. The van der Waals surface area contributed by atoms with Crippen molar-refractivity contribution < 1.29 is 22.7 Å².